The van der Waals surface area contributed by atoms with Crippen LogP contribution in [0.3, 0.4) is 0 Å². The van der Waals surface area contributed by atoms with Crippen molar-refractivity contribution in [3.05, 3.63) is 54.1 Å². The van der Waals surface area contributed by atoms with Crippen molar-refractivity contribution in [3.8, 4) is 5.75 Å². The molecule has 0 aliphatic rings. The van der Waals surface area contributed by atoms with Crippen molar-refractivity contribution in [2.75, 3.05) is 13.7 Å². The molecule has 2 heterocycles. The molecule has 0 unspecified atom stereocenters. The van der Waals surface area contributed by atoms with Crippen LogP contribution < -0.4 is 4.74 Å². The van der Waals surface area contributed by atoms with Gasteiger partial charge in [-0.15, -0.1) is 0 Å². The van der Waals surface area contributed by atoms with E-state index >= 15 is 0 Å². The zero-order valence-corrected chi connectivity index (χ0v) is 12.6. The molecule has 0 spiro atoms. The van der Waals surface area contributed by atoms with E-state index in [1.165, 1.54) is 0 Å². The number of ether oxygens (including phenoxy) is 1. The Hall–Kier alpha value is -2.69. The zero-order chi connectivity index (χ0) is 15.5. The molecule has 1 aromatic carbocycles. The molecule has 0 fully saturated rings. The number of nitrogens with zero attached hydrogens (tertiary/aromatic N) is 1. The Morgan fingerprint density at radius 1 is 1.32 bits per heavy atom. The Bertz CT molecular complexity index is 774. The molecule has 1 N–H and O–H groups in total. The molecule has 5 heteroatoms. The van der Waals surface area contributed by atoms with E-state index in [-0.39, 0.29) is 5.91 Å². The Morgan fingerprint density at radius 3 is 2.86 bits per heavy atom. The third kappa shape index (κ3) is 2.70. The first kappa shape index (κ1) is 14.3. The predicted molar refractivity (Wildman–Crippen MR) is 84.0 cm³/mol. The van der Waals surface area contributed by atoms with Gasteiger partial charge in [-0.25, -0.2) is 0 Å². The van der Waals surface area contributed by atoms with Gasteiger partial charge in [0.15, 0.2) is 0 Å². The smallest absolute Gasteiger partial charge is 0.270 e. The first-order valence-electron chi connectivity index (χ1n) is 7.19. The van der Waals surface area contributed by atoms with Crippen LogP contribution >= 0.6 is 0 Å². The highest BCUT2D eigenvalue weighted by atomic mass is 16.5. The molecule has 0 atom stereocenters. The molecule has 0 aliphatic carbocycles. The van der Waals surface area contributed by atoms with Gasteiger partial charge in [-0.05, 0) is 37.3 Å². The highest BCUT2D eigenvalue weighted by Gasteiger charge is 2.18. The van der Waals surface area contributed by atoms with Gasteiger partial charge in [0.05, 0.1) is 19.9 Å². The van der Waals surface area contributed by atoms with Crippen LogP contribution in [0.15, 0.2) is 47.1 Å². The lowest BCUT2D eigenvalue weighted by Crippen LogP contribution is -2.30. The number of hydrogen-bond acceptors (Lipinski definition) is 3. The van der Waals surface area contributed by atoms with Gasteiger partial charge in [0.2, 0.25) is 0 Å². The van der Waals surface area contributed by atoms with Crippen LogP contribution in [0.25, 0.3) is 10.9 Å². The van der Waals surface area contributed by atoms with Crippen LogP contribution in [-0.4, -0.2) is 29.4 Å². The Morgan fingerprint density at radius 2 is 2.18 bits per heavy atom. The number of nitrogens with one attached hydrogen (secondary N) is 1. The quantitative estimate of drug-likeness (QED) is 0.785. The molecule has 2 aromatic heterocycles. The Balaban J connectivity index is 1.86. The van der Waals surface area contributed by atoms with Gasteiger partial charge in [0.25, 0.3) is 5.91 Å². The van der Waals surface area contributed by atoms with Gasteiger partial charge in [-0.2, -0.15) is 0 Å². The van der Waals surface area contributed by atoms with Crippen molar-refractivity contribution in [1.29, 1.82) is 0 Å². The summed E-state index contributed by atoms with van der Waals surface area (Å²) in [7, 11) is 1.62. The summed E-state index contributed by atoms with van der Waals surface area (Å²) in [5, 5.41) is 0.984. The number of carbonyl (C=O) groups excluding carboxylic acids is 1. The maximum atomic E-state index is 12.6. The second-order valence-corrected chi connectivity index (χ2v) is 5.03. The Labute approximate surface area is 128 Å². The molecular formula is C17H18N2O3. The summed E-state index contributed by atoms with van der Waals surface area (Å²) < 4.78 is 10.5. The number of carbonyl (C=O) groups is 1. The third-order valence-electron chi connectivity index (χ3n) is 3.66. The second-order valence-electron chi connectivity index (χ2n) is 5.03. The highest BCUT2D eigenvalue weighted by molar-refractivity contribution is 5.98. The normalized spacial score (nSPS) is 10.8. The maximum absolute atomic E-state index is 12.6. The van der Waals surface area contributed by atoms with Crippen molar-refractivity contribution in [2.24, 2.45) is 0 Å². The number of aromatic amines is 1. The number of hydrogen-bond donors (Lipinski definition) is 1. The van der Waals surface area contributed by atoms with Crippen LogP contribution in [0.2, 0.25) is 0 Å². The summed E-state index contributed by atoms with van der Waals surface area (Å²) in [6.45, 7) is 3.02. The van der Waals surface area contributed by atoms with E-state index in [9.17, 15) is 4.79 Å². The number of H-pyrrole nitrogens is 1. The van der Waals surface area contributed by atoms with E-state index in [1.807, 2.05) is 43.3 Å². The summed E-state index contributed by atoms with van der Waals surface area (Å²) in [4.78, 5) is 17.5. The van der Waals surface area contributed by atoms with Gasteiger partial charge >= 0.3 is 0 Å². The number of benzene rings is 1. The highest BCUT2D eigenvalue weighted by Crippen LogP contribution is 2.22. The molecule has 0 aliphatic heterocycles. The van der Waals surface area contributed by atoms with Gasteiger partial charge in [0.1, 0.15) is 17.2 Å². The number of fused-ring (bicyclic) bond motifs is 1. The standard InChI is InChI=1S/C17H18N2O3/c1-3-19(11-14-5-4-8-22-14)17(20)16-9-12-6-7-13(21-2)10-15(12)18-16/h4-10,18H,3,11H2,1-2H3. The molecule has 0 radical (unpaired) electrons. The molecule has 0 bridgehead atoms. The number of methoxy groups -OCH3 is 1. The molecule has 0 saturated heterocycles. The molecule has 3 rings (SSSR count). The SMILES string of the molecule is CCN(Cc1ccco1)C(=O)c1cc2ccc(OC)cc2[nH]1. The minimum atomic E-state index is -0.0472. The monoisotopic (exact) mass is 298 g/mol. The lowest BCUT2D eigenvalue weighted by Gasteiger charge is -2.18. The van der Waals surface area contributed by atoms with Crippen molar-refractivity contribution in [3.63, 3.8) is 0 Å². The van der Waals surface area contributed by atoms with Crippen LogP contribution in [0.1, 0.15) is 23.2 Å². The van der Waals surface area contributed by atoms with E-state index in [0.29, 0.717) is 18.8 Å². The predicted octanol–water partition coefficient (Wildman–Crippen LogP) is 3.43. The van der Waals surface area contributed by atoms with Crippen molar-refractivity contribution < 1.29 is 13.9 Å². The number of furan rings is 1. The Kier molecular flexibility index (Phi) is 3.87. The number of amides is 1. The van der Waals surface area contributed by atoms with Gasteiger partial charge in [-0.3, -0.25) is 4.79 Å². The molecule has 1 amide bonds. The van der Waals surface area contributed by atoms with Crippen LogP contribution in [0.4, 0.5) is 0 Å². The van der Waals surface area contributed by atoms with E-state index < -0.39 is 0 Å². The van der Waals surface area contributed by atoms with Crippen LogP contribution in [0.5, 0.6) is 5.75 Å². The lowest BCUT2D eigenvalue weighted by atomic mass is 10.2. The molecule has 114 valence electrons. The van der Waals surface area contributed by atoms with Crippen molar-refractivity contribution in [2.45, 2.75) is 13.5 Å². The maximum Gasteiger partial charge on any atom is 0.270 e. The van der Waals surface area contributed by atoms with Crippen molar-refractivity contribution >= 4 is 16.8 Å². The fourth-order valence-electron chi connectivity index (χ4n) is 2.44. The first-order chi connectivity index (χ1) is 10.7. The minimum absolute atomic E-state index is 0.0472. The summed E-state index contributed by atoms with van der Waals surface area (Å²) >= 11 is 0. The summed E-state index contributed by atoms with van der Waals surface area (Å²) in [5.41, 5.74) is 1.45. The van der Waals surface area contributed by atoms with Crippen LogP contribution in [-0.2, 0) is 6.54 Å². The van der Waals surface area contributed by atoms with E-state index in [2.05, 4.69) is 4.98 Å². The van der Waals surface area contributed by atoms with Gasteiger partial charge in [0, 0.05) is 23.5 Å². The van der Waals surface area contributed by atoms with E-state index in [0.717, 1.165) is 22.4 Å². The third-order valence-corrected chi connectivity index (χ3v) is 3.66. The number of aromatic nitrogens is 1. The molecule has 5 nitrogen and oxygen atoms in total. The zero-order valence-electron chi connectivity index (χ0n) is 12.6. The van der Waals surface area contributed by atoms with E-state index in [1.54, 1.807) is 18.3 Å². The fourth-order valence-corrected chi connectivity index (χ4v) is 2.44. The minimum Gasteiger partial charge on any atom is -0.497 e. The average Bonchev–Trinajstić information content (AvgIpc) is 3.20. The largest absolute Gasteiger partial charge is 0.497 e. The van der Waals surface area contributed by atoms with Gasteiger partial charge < -0.3 is 19.0 Å². The summed E-state index contributed by atoms with van der Waals surface area (Å²) in [6, 6.07) is 11.3. The summed E-state index contributed by atoms with van der Waals surface area (Å²) in [5.74, 6) is 1.48. The molecule has 3 aromatic rings. The topological polar surface area (TPSA) is 58.5 Å². The fraction of sp³-hybridized carbons (Fsp3) is 0.235. The lowest BCUT2D eigenvalue weighted by molar-refractivity contribution is 0.0736. The van der Waals surface area contributed by atoms with Crippen LogP contribution in [0, 0.1) is 0 Å². The average molecular weight is 298 g/mol. The first-order valence-corrected chi connectivity index (χ1v) is 7.19. The summed E-state index contributed by atoms with van der Waals surface area (Å²) in [6.07, 6.45) is 1.61. The molecular weight excluding hydrogens is 280 g/mol. The molecule has 22 heavy (non-hydrogen) atoms. The molecule has 0 saturated carbocycles. The van der Waals surface area contributed by atoms with Crippen molar-refractivity contribution in [1.82, 2.24) is 9.88 Å². The number of rotatable bonds is 5. The second kappa shape index (κ2) is 5.97. The van der Waals surface area contributed by atoms with E-state index in [4.69, 9.17) is 9.15 Å². The van der Waals surface area contributed by atoms with Gasteiger partial charge in [-0.1, -0.05) is 0 Å².